The van der Waals surface area contributed by atoms with Crippen LogP contribution < -0.4 is 16.0 Å². The molecule has 3 amide bonds. The van der Waals surface area contributed by atoms with E-state index in [1.54, 1.807) is 48.5 Å². The van der Waals surface area contributed by atoms with Crippen molar-refractivity contribution in [3.8, 4) is 5.75 Å². The van der Waals surface area contributed by atoms with Gasteiger partial charge in [-0.1, -0.05) is 36.4 Å². The van der Waals surface area contributed by atoms with Gasteiger partial charge in [0.15, 0.2) is 0 Å². The SMILES string of the molecule is CN1CC(c2ccc(NC(=O)Nc3ccc(O)cc3)cc2)CC1C(=O)NC(Cc1ccc(CCC(=O)O)cc1)C(=O)O. The number of anilines is 2. The summed E-state index contributed by atoms with van der Waals surface area (Å²) in [5.74, 6) is -2.21. The second-order valence-electron chi connectivity index (χ2n) is 10.4. The molecule has 1 heterocycles. The van der Waals surface area contributed by atoms with Gasteiger partial charge in [-0.25, -0.2) is 9.59 Å². The minimum absolute atomic E-state index is 0.0172. The predicted octanol–water partition coefficient (Wildman–Crippen LogP) is 3.65. The van der Waals surface area contributed by atoms with Crippen LogP contribution in [-0.4, -0.2) is 69.8 Å². The number of likely N-dealkylation sites (N-methyl/N-ethyl adjacent to an activating group) is 1. The van der Waals surface area contributed by atoms with Gasteiger partial charge in [0.05, 0.1) is 6.04 Å². The van der Waals surface area contributed by atoms with Gasteiger partial charge >= 0.3 is 18.0 Å². The van der Waals surface area contributed by atoms with Crippen LogP contribution in [0.4, 0.5) is 16.2 Å². The second kappa shape index (κ2) is 13.6. The van der Waals surface area contributed by atoms with Crippen molar-refractivity contribution in [2.24, 2.45) is 0 Å². The van der Waals surface area contributed by atoms with Crippen LogP contribution in [0.5, 0.6) is 5.75 Å². The van der Waals surface area contributed by atoms with Crippen molar-refractivity contribution in [1.82, 2.24) is 10.2 Å². The first-order chi connectivity index (χ1) is 20.1. The molecule has 220 valence electrons. The molecule has 0 saturated carbocycles. The molecule has 11 heteroatoms. The third kappa shape index (κ3) is 8.31. The Morgan fingerprint density at radius 2 is 1.43 bits per heavy atom. The monoisotopic (exact) mass is 574 g/mol. The Bertz CT molecular complexity index is 1410. The number of urea groups is 1. The number of carbonyl (C=O) groups excluding carboxylic acids is 2. The Labute approximate surface area is 243 Å². The Morgan fingerprint density at radius 1 is 0.857 bits per heavy atom. The topological polar surface area (TPSA) is 168 Å². The Hall–Kier alpha value is -4.90. The van der Waals surface area contributed by atoms with E-state index in [9.17, 15) is 29.4 Å². The molecule has 1 fully saturated rings. The molecule has 0 aliphatic carbocycles. The number of nitrogens with one attached hydrogen (secondary N) is 3. The highest BCUT2D eigenvalue weighted by atomic mass is 16.4. The molecule has 4 rings (SSSR count). The number of nitrogens with zero attached hydrogens (tertiary/aromatic N) is 1. The molecular formula is C31H34N4O7. The Balaban J connectivity index is 1.30. The molecule has 0 aromatic heterocycles. The predicted molar refractivity (Wildman–Crippen MR) is 157 cm³/mol. The minimum Gasteiger partial charge on any atom is -0.508 e. The maximum absolute atomic E-state index is 13.1. The van der Waals surface area contributed by atoms with Crippen molar-refractivity contribution < 1.29 is 34.5 Å². The molecule has 1 aliphatic rings. The number of hydrogen-bond acceptors (Lipinski definition) is 6. The lowest BCUT2D eigenvalue weighted by molar-refractivity contribution is -0.142. The largest absolute Gasteiger partial charge is 0.508 e. The summed E-state index contributed by atoms with van der Waals surface area (Å²) in [4.78, 5) is 50.1. The molecule has 3 unspecified atom stereocenters. The number of likely N-dealkylation sites (tertiary alicyclic amines) is 1. The second-order valence-corrected chi connectivity index (χ2v) is 10.4. The smallest absolute Gasteiger partial charge is 0.326 e. The maximum atomic E-state index is 13.1. The van der Waals surface area contributed by atoms with E-state index in [-0.39, 0.29) is 30.4 Å². The highest BCUT2D eigenvalue weighted by Gasteiger charge is 2.36. The molecule has 3 aromatic rings. The van der Waals surface area contributed by atoms with E-state index in [1.807, 2.05) is 24.1 Å². The van der Waals surface area contributed by atoms with E-state index in [4.69, 9.17) is 5.11 Å². The van der Waals surface area contributed by atoms with Crippen LogP contribution in [0.1, 0.15) is 35.4 Å². The fraction of sp³-hybridized carbons (Fsp3) is 0.290. The molecule has 42 heavy (non-hydrogen) atoms. The van der Waals surface area contributed by atoms with E-state index in [0.717, 1.165) is 16.7 Å². The van der Waals surface area contributed by atoms with E-state index in [2.05, 4.69) is 16.0 Å². The molecule has 3 atom stereocenters. The number of carbonyl (C=O) groups is 4. The first-order valence-electron chi connectivity index (χ1n) is 13.6. The zero-order valence-corrected chi connectivity index (χ0v) is 23.1. The normalized spacial score (nSPS) is 17.3. The number of benzene rings is 3. The van der Waals surface area contributed by atoms with Gasteiger partial charge in [0.2, 0.25) is 5.91 Å². The molecule has 0 bridgehead atoms. The number of phenolic OH excluding ortho intramolecular Hbond substituents is 1. The number of aryl methyl sites for hydroxylation is 1. The number of amides is 3. The summed E-state index contributed by atoms with van der Waals surface area (Å²) in [7, 11) is 1.83. The van der Waals surface area contributed by atoms with E-state index >= 15 is 0 Å². The van der Waals surface area contributed by atoms with Crippen molar-refractivity contribution >= 4 is 35.3 Å². The lowest BCUT2D eigenvalue weighted by Gasteiger charge is -2.22. The lowest BCUT2D eigenvalue weighted by atomic mass is 9.95. The molecule has 3 aromatic carbocycles. The van der Waals surface area contributed by atoms with Crippen LogP contribution >= 0.6 is 0 Å². The number of rotatable bonds is 11. The zero-order valence-electron chi connectivity index (χ0n) is 23.1. The number of phenols is 1. The van der Waals surface area contributed by atoms with Gasteiger partial charge in [-0.3, -0.25) is 14.5 Å². The summed E-state index contributed by atoms with van der Waals surface area (Å²) in [6, 6.07) is 18.5. The molecule has 1 saturated heterocycles. The number of aliphatic carboxylic acids is 2. The van der Waals surface area contributed by atoms with E-state index in [0.29, 0.717) is 30.8 Å². The molecular weight excluding hydrogens is 540 g/mol. The number of carboxylic acid groups (broad SMARTS) is 2. The Morgan fingerprint density at radius 3 is 2.00 bits per heavy atom. The molecule has 0 spiro atoms. The average molecular weight is 575 g/mol. The first-order valence-corrected chi connectivity index (χ1v) is 13.6. The van der Waals surface area contributed by atoms with Gasteiger partial charge < -0.3 is 31.3 Å². The van der Waals surface area contributed by atoms with Gasteiger partial charge in [-0.2, -0.15) is 0 Å². The van der Waals surface area contributed by atoms with Crippen LogP contribution in [-0.2, 0) is 27.2 Å². The number of aromatic hydroxyl groups is 1. The molecule has 0 radical (unpaired) electrons. The van der Waals surface area contributed by atoms with Gasteiger partial charge in [0, 0.05) is 30.8 Å². The van der Waals surface area contributed by atoms with Crippen LogP contribution in [0, 0.1) is 0 Å². The van der Waals surface area contributed by atoms with Crippen molar-refractivity contribution in [1.29, 1.82) is 0 Å². The molecule has 11 nitrogen and oxygen atoms in total. The molecule has 1 aliphatic heterocycles. The van der Waals surface area contributed by atoms with Crippen LogP contribution in [0.25, 0.3) is 0 Å². The summed E-state index contributed by atoms with van der Waals surface area (Å²) in [5, 5.41) is 36.1. The van der Waals surface area contributed by atoms with Crippen LogP contribution in [0.3, 0.4) is 0 Å². The van der Waals surface area contributed by atoms with Gasteiger partial charge in [0.1, 0.15) is 11.8 Å². The van der Waals surface area contributed by atoms with Crippen LogP contribution in [0.15, 0.2) is 72.8 Å². The summed E-state index contributed by atoms with van der Waals surface area (Å²) in [6.45, 7) is 0.613. The van der Waals surface area contributed by atoms with Gasteiger partial charge in [-0.15, -0.1) is 0 Å². The summed E-state index contributed by atoms with van der Waals surface area (Å²) in [6.07, 6.45) is 1.03. The van der Waals surface area contributed by atoms with Gasteiger partial charge in [-0.05, 0) is 78.9 Å². The Kier molecular flexibility index (Phi) is 9.77. The standard InChI is InChI=1S/C31H34N4O7/c1-35-18-22(21-7-9-23(10-8-21)32-31(42)33-24-11-13-25(36)14-12-24)17-27(35)29(39)34-26(30(40)41)16-20-4-2-19(3-5-20)6-15-28(37)38/h2-5,7-14,22,26-27,36H,6,15-18H2,1H3,(H,34,39)(H,37,38)(H,40,41)(H2,32,33,42). The fourth-order valence-electron chi connectivity index (χ4n) is 5.02. The van der Waals surface area contributed by atoms with Crippen molar-refractivity contribution in [2.75, 3.05) is 24.2 Å². The number of hydrogen-bond donors (Lipinski definition) is 6. The van der Waals surface area contributed by atoms with Crippen molar-refractivity contribution in [3.63, 3.8) is 0 Å². The summed E-state index contributed by atoms with van der Waals surface area (Å²) >= 11 is 0. The first kappa shape index (κ1) is 30.1. The summed E-state index contributed by atoms with van der Waals surface area (Å²) in [5.41, 5.74) is 3.70. The third-order valence-electron chi connectivity index (χ3n) is 7.32. The third-order valence-corrected chi connectivity index (χ3v) is 7.32. The molecule has 6 N–H and O–H groups in total. The van der Waals surface area contributed by atoms with Gasteiger partial charge in [0.25, 0.3) is 0 Å². The maximum Gasteiger partial charge on any atom is 0.326 e. The highest BCUT2D eigenvalue weighted by Crippen LogP contribution is 2.31. The number of carboxylic acids is 2. The van der Waals surface area contributed by atoms with Crippen molar-refractivity contribution in [3.05, 3.63) is 89.5 Å². The summed E-state index contributed by atoms with van der Waals surface area (Å²) < 4.78 is 0. The highest BCUT2D eigenvalue weighted by molar-refractivity contribution is 5.99. The lowest BCUT2D eigenvalue weighted by Crippen LogP contribution is -2.49. The fourth-order valence-corrected chi connectivity index (χ4v) is 5.02. The zero-order chi connectivity index (χ0) is 30.2. The minimum atomic E-state index is -1.13. The quantitative estimate of drug-likeness (QED) is 0.189. The van der Waals surface area contributed by atoms with E-state index < -0.39 is 30.1 Å². The van der Waals surface area contributed by atoms with E-state index in [1.165, 1.54) is 12.1 Å². The van der Waals surface area contributed by atoms with Crippen molar-refractivity contribution in [2.45, 2.75) is 43.7 Å². The average Bonchev–Trinajstić information content (AvgIpc) is 3.35. The van der Waals surface area contributed by atoms with Crippen LogP contribution in [0.2, 0.25) is 0 Å².